The van der Waals surface area contributed by atoms with Crippen molar-refractivity contribution in [1.82, 2.24) is 19.9 Å². The predicted molar refractivity (Wildman–Crippen MR) is 166 cm³/mol. The first-order valence-electron chi connectivity index (χ1n) is 14.6. The molecule has 2 bridgehead atoms. The quantitative estimate of drug-likeness (QED) is 0.142. The van der Waals surface area contributed by atoms with Gasteiger partial charge in [-0.15, -0.1) is 6.42 Å². The number of hydrogen-bond acceptors (Lipinski definition) is 8. The summed E-state index contributed by atoms with van der Waals surface area (Å²) < 4.78 is 43.6. The number of carbonyl (C=O) groups is 1. The summed E-state index contributed by atoms with van der Waals surface area (Å²) in [6.45, 7) is 6.38. The molecule has 0 radical (unpaired) electrons. The van der Waals surface area contributed by atoms with Crippen molar-refractivity contribution in [3.8, 4) is 29.5 Å². The molecule has 4 aromatic rings. The zero-order chi connectivity index (χ0) is 30.9. The van der Waals surface area contributed by atoms with Gasteiger partial charge in [0.25, 0.3) is 0 Å². The lowest BCUT2D eigenvalue weighted by molar-refractivity contribution is 0.00637. The van der Waals surface area contributed by atoms with Crippen molar-refractivity contribution in [3.63, 3.8) is 0 Å². The number of anilines is 1. The summed E-state index contributed by atoms with van der Waals surface area (Å²) in [4.78, 5) is 31.5. The molecule has 8 nitrogen and oxygen atoms in total. The lowest BCUT2D eigenvalue weighted by atomic mass is 9.96. The Bertz CT molecular complexity index is 1890. The average molecular weight is 616 g/mol. The van der Waals surface area contributed by atoms with Crippen LogP contribution in [-0.2, 0) is 4.74 Å². The van der Waals surface area contributed by atoms with Gasteiger partial charge in [0, 0.05) is 23.9 Å². The molecule has 3 aliphatic heterocycles. The van der Waals surface area contributed by atoms with Gasteiger partial charge in [-0.05, 0) is 51.3 Å². The van der Waals surface area contributed by atoms with E-state index in [9.17, 15) is 9.18 Å². The molecule has 0 saturated carbocycles. The highest BCUT2D eigenvalue weighted by molar-refractivity contribution is 7.98. The minimum absolute atomic E-state index is 0.0242. The van der Waals surface area contributed by atoms with Gasteiger partial charge in [0.1, 0.15) is 33.8 Å². The minimum atomic E-state index is -0.668. The van der Waals surface area contributed by atoms with Gasteiger partial charge in [0.15, 0.2) is 11.0 Å². The van der Waals surface area contributed by atoms with E-state index in [1.54, 1.807) is 24.3 Å². The van der Waals surface area contributed by atoms with E-state index < -0.39 is 17.2 Å². The van der Waals surface area contributed by atoms with Crippen LogP contribution in [-0.4, -0.2) is 69.1 Å². The zero-order valence-corrected chi connectivity index (χ0v) is 25.7. The van der Waals surface area contributed by atoms with E-state index in [1.807, 2.05) is 31.9 Å². The molecule has 1 amide bonds. The highest BCUT2D eigenvalue weighted by Gasteiger charge is 2.51. The van der Waals surface area contributed by atoms with Gasteiger partial charge in [-0.1, -0.05) is 41.9 Å². The van der Waals surface area contributed by atoms with Crippen molar-refractivity contribution in [2.24, 2.45) is 0 Å². The molecule has 0 unspecified atom stereocenters. The molecule has 11 heteroatoms. The molecule has 3 aliphatic rings. The van der Waals surface area contributed by atoms with E-state index in [1.165, 1.54) is 17.8 Å². The van der Waals surface area contributed by atoms with Gasteiger partial charge in [-0.3, -0.25) is 4.90 Å². The number of rotatable bonds is 2. The topological polar surface area (TPSA) is 80.7 Å². The van der Waals surface area contributed by atoms with Crippen molar-refractivity contribution in [3.05, 3.63) is 47.5 Å². The second kappa shape index (κ2) is 10.5. The minimum Gasteiger partial charge on any atom is -0.477 e. The maximum Gasteiger partial charge on any atom is 0.410 e. The van der Waals surface area contributed by atoms with E-state index in [2.05, 4.69) is 15.8 Å². The number of pyridine rings is 1. The van der Waals surface area contributed by atoms with E-state index >= 15 is 4.39 Å². The second-order valence-corrected chi connectivity index (χ2v) is 13.1. The van der Waals surface area contributed by atoms with Crippen LogP contribution in [0.4, 0.5) is 19.4 Å². The average Bonchev–Trinajstić information content (AvgIpc) is 3.32. The summed E-state index contributed by atoms with van der Waals surface area (Å²) >= 11 is 1.31. The first-order valence-corrected chi connectivity index (χ1v) is 15.9. The van der Waals surface area contributed by atoms with Crippen molar-refractivity contribution in [1.29, 1.82) is 0 Å². The molecule has 44 heavy (non-hydrogen) atoms. The summed E-state index contributed by atoms with van der Waals surface area (Å²) in [5, 5.41) is 1.83. The molecule has 5 heterocycles. The number of terminal acetylenes is 1. The molecular formula is C33H31F2N5O3S. The van der Waals surface area contributed by atoms with E-state index in [-0.39, 0.29) is 53.5 Å². The lowest BCUT2D eigenvalue weighted by Gasteiger charge is -2.48. The molecule has 2 aromatic heterocycles. The maximum absolute atomic E-state index is 16.8. The standard InChI is InChI=1S/C33H31F2N5O3S/c1-6-19-21(34)12-10-17-8-7-9-20(24(17)19)27-26(35)28-25-29(38-31(37-28)44-5)39-16-18-11-13-23(22(39)14-15-42-30(25)36-27)40(18)32(41)43-33(2,3)4/h1,7-10,12,18,22-23H,11,13-16H2,2-5H3/t18-,22-,23+/m1/s1. The number of thioether (sulfide) groups is 1. The molecule has 2 aromatic carbocycles. The van der Waals surface area contributed by atoms with Crippen molar-refractivity contribution in [2.75, 3.05) is 24.3 Å². The van der Waals surface area contributed by atoms with Gasteiger partial charge in [-0.25, -0.2) is 28.5 Å². The molecule has 3 atom stereocenters. The number of halogens is 2. The van der Waals surface area contributed by atoms with Crippen LogP contribution in [0.1, 0.15) is 45.6 Å². The molecule has 226 valence electrons. The molecule has 0 aliphatic carbocycles. The highest BCUT2D eigenvalue weighted by atomic mass is 32.2. The van der Waals surface area contributed by atoms with Crippen LogP contribution < -0.4 is 9.64 Å². The van der Waals surface area contributed by atoms with Gasteiger partial charge < -0.3 is 14.4 Å². The van der Waals surface area contributed by atoms with Crippen LogP contribution in [0.2, 0.25) is 0 Å². The normalized spacial score (nSPS) is 21.0. The van der Waals surface area contributed by atoms with Gasteiger partial charge in [0.2, 0.25) is 5.88 Å². The Labute approximate surface area is 258 Å². The first kappa shape index (κ1) is 28.6. The van der Waals surface area contributed by atoms with Gasteiger partial charge in [0.05, 0.1) is 30.3 Å². The Morgan fingerprint density at radius 3 is 2.66 bits per heavy atom. The SMILES string of the molecule is C#Cc1c(F)ccc2cccc(-c3nc4c5c(nc(SC)nc5c3F)N3C[C@H]5CC[C@@H]([C@H]3CCO4)N5C(=O)OC(C)(C)C)c12. The maximum atomic E-state index is 16.8. The van der Waals surface area contributed by atoms with Crippen LogP contribution >= 0.6 is 11.8 Å². The molecular weight excluding hydrogens is 584 g/mol. The fraction of sp³-hybridized carbons (Fsp3) is 0.394. The van der Waals surface area contributed by atoms with E-state index in [0.29, 0.717) is 45.7 Å². The van der Waals surface area contributed by atoms with Crippen LogP contribution in [0.25, 0.3) is 32.9 Å². The summed E-state index contributed by atoms with van der Waals surface area (Å²) in [7, 11) is 0. The molecule has 0 spiro atoms. The summed E-state index contributed by atoms with van der Waals surface area (Å²) in [5.74, 6) is 1.93. The van der Waals surface area contributed by atoms with Crippen molar-refractivity contribution in [2.45, 2.75) is 68.9 Å². The number of nitrogens with zero attached hydrogens (tertiary/aromatic N) is 5. The number of aromatic nitrogens is 3. The van der Waals surface area contributed by atoms with Gasteiger partial charge >= 0.3 is 6.09 Å². The summed E-state index contributed by atoms with van der Waals surface area (Å²) in [6, 6.07) is 7.84. The van der Waals surface area contributed by atoms with Crippen LogP contribution in [0, 0.1) is 24.0 Å². The van der Waals surface area contributed by atoms with E-state index in [0.717, 1.165) is 12.8 Å². The largest absolute Gasteiger partial charge is 0.477 e. The third kappa shape index (κ3) is 4.50. The van der Waals surface area contributed by atoms with Gasteiger partial charge in [-0.2, -0.15) is 0 Å². The van der Waals surface area contributed by atoms with Crippen LogP contribution in [0.3, 0.4) is 0 Å². The Balaban J connectivity index is 1.41. The van der Waals surface area contributed by atoms with E-state index in [4.69, 9.17) is 25.9 Å². The molecule has 2 fully saturated rings. The third-order valence-corrected chi connectivity index (χ3v) is 9.16. The second-order valence-electron chi connectivity index (χ2n) is 12.4. The Kier molecular flexibility index (Phi) is 6.81. The smallest absolute Gasteiger partial charge is 0.410 e. The number of piperazine rings is 1. The Morgan fingerprint density at radius 1 is 1.09 bits per heavy atom. The fourth-order valence-electron chi connectivity index (χ4n) is 6.88. The number of carbonyl (C=O) groups excluding carboxylic acids is 1. The summed E-state index contributed by atoms with van der Waals surface area (Å²) in [5.41, 5.74) is -0.178. The summed E-state index contributed by atoms with van der Waals surface area (Å²) in [6.07, 6.45) is 9.47. The van der Waals surface area contributed by atoms with Crippen LogP contribution in [0.15, 0.2) is 35.5 Å². The number of fused-ring (bicyclic) bond motifs is 6. The fourth-order valence-corrected chi connectivity index (χ4v) is 7.24. The molecule has 7 rings (SSSR count). The lowest BCUT2D eigenvalue weighted by Crippen LogP contribution is -2.62. The Morgan fingerprint density at radius 2 is 1.91 bits per heavy atom. The number of benzene rings is 2. The third-order valence-electron chi connectivity index (χ3n) is 8.62. The van der Waals surface area contributed by atoms with Crippen molar-refractivity contribution < 1.29 is 23.0 Å². The zero-order valence-electron chi connectivity index (χ0n) is 24.9. The molecule has 0 N–H and O–H groups in total. The number of ether oxygens (including phenoxy) is 2. The van der Waals surface area contributed by atoms with Crippen molar-refractivity contribution >= 4 is 45.3 Å². The molecule has 2 saturated heterocycles. The monoisotopic (exact) mass is 615 g/mol. The predicted octanol–water partition coefficient (Wildman–Crippen LogP) is 6.57. The Hall–Kier alpha value is -4.17. The van der Waals surface area contributed by atoms with Crippen LogP contribution in [0.5, 0.6) is 5.88 Å². The number of hydrogen-bond donors (Lipinski definition) is 0. The first-order chi connectivity index (χ1) is 21.1. The number of amides is 1. The highest BCUT2D eigenvalue weighted by Crippen LogP contribution is 2.45.